The Bertz CT molecular complexity index is 711. The van der Waals surface area contributed by atoms with E-state index in [0.29, 0.717) is 11.4 Å². The van der Waals surface area contributed by atoms with Crippen LogP contribution >= 0.6 is 23.2 Å². The third-order valence-corrected chi connectivity index (χ3v) is 5.37. The predicted molar refractivity (Wildman–Crippen MR) is 80.1 cm³/mol. The maximum Gasteiger partial charge on any atom is 0.178 e. The Morgan fingerprint density at radius 3 is 2.60 bits per heavy atom. The van der Waals surface area contributed by atoms with Gasteiger partial charge in [-0.05, 0) is 37.1 Å². The SMILES string of the molecule is CCn1cc(CCS(=O)(=O)c2ccc(Cl)c(Cl)c2)cn1. The van der Waals surface area contributed by atoms with Crippen molar-refractivity contribution >= 4 is 33.0 Å². The minimum atomic E-state index is -3.38. The van der Waals surface area contributed by atoms with Gasteiger partial charge in [0.05, 0.1) is 26.9 Å². The van der Waals surface area contributed by atoms with Crippen molar-refractivity contribution in [3.8, 4) is 0 Å². The fourth-order valence-corrected chi connectivity index (χ4v) is 3.42. The Morgan fingerprint density at radius 1 is 1.25 bits per heavy atom. The van der Waals surface area contributed by atoms with Gasteiger partial charge in [0.2, 0.25) is 0 Å². The molecule has 0 bridgehead atoms. The van der Waals surface area contributed by atoms with Crippen LogP contribution in [0.25, 0.3) is 0 Å². The zero-order chi connectivity index (χ0) is 14.8. The summed E-state index contributed by atoms with van der Waals surface area (Å²) in [4.78, 5) is 0.190. The van der Waals surface area contributed by atoms with E-state index in [0.717, 1.165) is 12.1 Å². The first-order valence-corrected chi connectivity index (χ1v) is 8.52. The van der Waals surface area contributed by atoms with E-state index in [1.54, 1.807) is 10.9 Å². The number of aromatic nitrogens is 2. The van der Waals surface area contributed by atoms with Crippen LogP contribution in [0.2, 0.25) is 10.0 Å². The van der Waals surface area contributed by atoms with E-state index in [4.69, 9.17) is 23.2 Å². The summed E-state index contributed by atoms with van der Waals surface area (Å²) in [7, 11) is -3.38. The normalized spacial score (nSPS) is 11.8. The van der Waals surface area contributed by atoms with Crippen LogP contribution in [0.3, 0.4) is 0 Å². The van der Waals surface area contributed by atoms with Crippen molar-refractivity contribution in [2.75, 3.05) is 5.75 Å². The number of rotatable bonds is 5. The lowest BCUT2D eigenvalue weighted by Gasteiger charge is -2.05. The molecule has 2 aromatic rings. The summed E-state index contributed by atoms with van der Waals surface area (Å²) in [5.74, 6) is 0.0143. The molecule has 20 heavy (non-hydrogen) atoms. The standard InChI is InChI=1S/C13H14Cl2N2O2S/c1-2-17-9-10(8-16-17)5-6-20(18,19)11-3-4-12(14)13(15)7-11/h3-4,7-9H,2,5-6H2,1H3. The minimum Gasteiger partial charge on any atom is -0.273 e. The van der Waals surface area contributed by atoms with Gasteiger partial charge >= 0.3 is 0 Å². The first-order chi connectivity index (χ1) is 9.42. The molecule has 7 heteroatoms. The summed E-state index contributed by atoms with van der Waals surface area (Å²) in [5, 5.41) is 4.70. The summed E-state index contributed by atoms with van der Waals surface area (Å²) in [6.45, 7) is 2.74. The molecule has 0 N–H and O–H groups in total. The zero-order valence-corrected chi connectivity index (χ0v) is 13.2. The molecule has 1 heterocycles. The van der Waals surface area contributed by atoms with Crippen LogP contribution in [0.4, 0.5) is 0 Å². The number of aryl methyl sites for hydroxylation is 2. The van der Waals surface area contributed by atoms with Gasteiger partial charge in [-0.2, -0.15) is 5.10 Å². The minimum absolute atomic E-state index is 0.0143. The van der Waals surface area contributed by atoms with Gasteiger partial charge in [0.25, 0.3) is 0 Å². The Hall–Kier alpha value is -1.04. The van der Waals surface area contributed by atoms with Crippen LogP contribution in [-0.4, -0.2) is 24.0 Å². The lowest BCUT2D eigenvalue weighted by Crippen LogP contribution is -2.09. The summed E-state index contributed by atoms with van der Waals surface area (Å²) in [5.41, 5.74) is 0.899. The van der Waals surface area contributed by atoms with Gasteiger partial charge in [0.1, 0.15) is 0 Å². The van der Waals surface area contributed by atoms with E-state index in [1.165, 1.54) is 18.2 Å². The molecular weight excluding hydrogens is 319 g/mol. The van der Waals surface area contributed by atoms with Crippen molar-refractivity contribution in [1.29, 1.82) is 0 Å². The van der Waals surface area contributed by atoms with Gasteiger partial charge in [0.15, 0.2) is 9.84 Å². The maximum absolute atomic E-state index is 12.2. The van der Waals surface area contributed by atoms with E-state index in [2.05, 4.69) is 5.10 Å². The molecule has 1 aromatic heterocycles. The molecule has 0 saturated heterocycles. The monoisotopic (exact) mass is 332 g/mol. The highest BCUT2D eigenvalue weighted by atomic mass is 35.5. The van der Waals surface area contributed by atoms with E-state index in [9.17, 15) is 8.42 Å². The molecule has 0 atom stereocenters. The lowest BCUT2D eigenvalue weighted by atomic mass is 10.3. The molecule has 0 saturated carbocycles. The van der Waals surface area contributed by atoms with Gasteiger partial charge in [-0.3, -0.25) is 4.68 Å². The van der Waals surface area contributed by atoms with E-state index in [-0.39, 0.29) is 15.7 Å². The van der Waals surface area contributed by atoms with Gasteiger partial charge in [-0.15, -0.1) is 0 Å². The van der Waals surface area contributed by atoms with Crippen molar-refractivity contribution in [1.82, 2.24) is 9.78 Å². The van der Waals surface area contributed by atoms with Crippen molar-refractivity contribution in [3.63, 3.8) is 0 Å². The fourth-order valence-electron chi connectivity index (χ4n) is 1.75. The molecule has 1 aromatic carbocycles. The average molecular weight is 333 g/mol. The summed E-state index contributed by atoms with van der Waals surface area (Å²) < 4.78 is 26.2. The first kappa shape index (κ1) is 15.4. The Labute approximate surface area is 128 Å². The second-order valence-electron chi connectivity index (χ2n) is 4.35. The second-order valence-corrected chi connectivity index (χ2v) is 7.27. The van der Waals surface area contributed by atoms with Gasteiger partial charge < -0.3 is 0 Å². The van der Waals surface area contributed by atoms with Gasteiger partial charge in [-0.1, -0.05) is 23.2 Å². The molecule has 2 rings (SSSR count). The second kappa shape index (κ2) is 6.16. The molecule has 0 aliphatic carbocycles. The van der Waals surface area contributed by atoms with Crippen molar-refractivity contribution in [3.05, 3.63) is 46.2 Å². The molecule has 0 unspecified atom stereocenters. The quantitative estimate of drug-likeness (QED) is 0.844. The summed E-state index contributed by atoms with van der Waals surface area (Å²) >= 11 is 11.6. The number of benzene rings is 1. The zero-order valence-electron chi connectivity index (χ0n) is 10.9. The Balaban J connectivity index is 2.12. The van der Waals surface area contributed by atoms with Crippen LogP contribution in [-0.2, 0) is 22.8 Å². The highest BCUT2D eigenvalue weighted by Crippen LogP contribution is 2.25. The van der Waals surface area contributed by atoms with Crippen LogP contribution in [0.5, 0.6) is 0 Å². The first-order valence-electron chi connectivity index (χ1n) is 6.11. The average Bonchev–Trinajstić information content (AvgIpc) is 2.87. The number of nitrogens with zero attached hydrogens (tertiary/aromatic N) is 2. The van der Waals surface area contributed by atoms with Crippen molar-refractivity contribution in [2.24, 2.45) is 0 Å². The third-order valence-electron chi connectivity index (χ3n) is 2.92. The Morgan fingerprint density at radius 2 is 2.00 bits per heavy atom. The van der Waals surface area contributed by atoms with E-state index < -0.39 is 9.84 Å². The molecule has 4 nitrogen and oxygen atoms in total. The maximum atomic E-state index is 12.2. The molecule has 0 spiro atoms. The van der Waals surface area contributed by atoms with Crippen molar-refractivity contribution < 1.29 is 8.42 Å². The number of sulfone groups is 1. The molecule has 108 valence electrons. The smallest absolute Gasteiger partial charge is 0.178 e. The molecule has 0 fully saturated rings. The predicted octanol–water partition coefficient (Wildman–Crippen LogP) is 3.23. The molecule has 0 radical (unpaired) electrons. The molecule has 0 aliphatic heterocycles. The highest BCUT2D eigenvalue weighted by molar-refractivity contribution is 7.91. The lowest BCUT2D eigenvalue weighted by molar-refractivity contribution is 0.595. The van der Waals surface area contributed by atoms with Crippen LogP contribution in [0.1, 0.15) is 12.5 Å². The molecular formula is C13H14Cl2N2O2S. The highest BCUT2D eigenvalue weighted by Gasteiger charge is 2.16. The van der Waals surface area contributed by atoms with Crippen LogP contribution < -0.4 is 0 Å². The topological polar surface area (TPSA) is 52.0 Å². The van der Waals surface area contributed by atoms with Crippen LogP contribution in [0, 0.1) is 0 Å². The number of hydrogen-bond donors (Lipinski definition) is 0. The van der Waals surface area contributed by atoms with E-state index in [1.807, 2.05) is 13.1 Å². The van der Waals surface area contributed by atoms with E-state index >= 15 is 0 Å². The van der Waals surface area contributed by atoms with Crippen molar-refractivity contribution in [2.45, 2.75) is 24.8 Å². The fraction of sp³-hybridized carbons (Fsp3) is 0.308. The number of hydrogen-bond acceptors (Lipinski definition) is 3. The van der Waals surface area contributed by atoms with Crippen LogP contribution in [0.15, 0.2) is 35.5 Å². The Kier molecular flexibility index (Phi) is 4.73. The van der Waals surface area contributed by atoms with Gasteiger partial charge in [0, 0.05) is 12.7 Å². The summed E-state index contributed by atoms with van der Waals surface area (Å²) in [6, 6.07) is 4.35. The van der Waals surface area contributed by atoms with Gasteiger partial charge in [-0.25, -0.2) is 8.42 Å². The molecule has 0 amide bonds. The largest absolute Gasteiger partial charge is 0.273 e. The molecule has 0 aliphatic rings. The summed E-state index contributed by atoms with van der Waals surface area (Å²) in [6.07, 6.45) is 3.96. The third kappa shape index (κ3) is 3.53. The number of halogens is 2.